The van der Waals surface area contributed by atoms with E-state index < -0.39 is 17.7 Å². The van der Waals surface area contributed by atoms with Crippen molar-refractivity contribution >= 4 is 17.7 Å². The highest BCUT2D eigenvalue weighted by atomic mass is 16.5. The summed E-state index contributed by atoms with van der Waals surface area (Å²) in [5.41, 5.74) is 0. The maximum Gasteiger partial charge on any atom is 0.368 e. The number of carboxylic acid groups (broad SMARTS) is 2. The zero-order chi connectivity index (χ0) is 17.5. The van der Waals surface area contributed by atoms with Crippen molar-refractivity contribution in [3.63, 3.8) is 0 Å². The normalized spacial score (nSPS) is 21.7. The molecule has 1 fully saturated rings. The smallest absolute Gasteiger partial charge is 0.368 e. The molecule has 0 saturated heterocycles. The van der Waals surface area contributed by atoms with E-state index in [1.165, 1.54) is 6.08 Å². The van der Waals surface area contributed by atoms with Gasteiger partial charge in [-0.3, -0.25) is 9.59 Å². The van der Waals surface area contributed by atoms with E-state index in [4.69, 9.17) is 10.2 Å². The summed E-state index contributed by atoms with van der Waals surface area (Å²) in [6, 6.07) is 0. The maximum atomic E-state index is 11.6. The van der Waals surface area contributed by atoms with Gasteiger partial charge in [0.25, 0.3) is 5.79 Å². The summed E-state index contributed by atoms with van der Waals surface area (Å²) in [6.07, 6.45) is 6.78. The quantitative estimate of drug-likeness (QED) is 0.351. The highest BCUT2D eigenvalue weighted by Crippen LogP contribution is 2.37. The van der Waals surface area contributed by atoms with E-state index in [-0.39, 0.29) is 24.5 Å². The summed E-state index contributed by atoms with van der Waals surface area (Å²) >= 11 is 0. The second kappa shape index (κ2) is 8.79. The molecule has 1 rings (SSSR count). The first-order valence-corrected chi connectivity index (χ1v) is 7.81. The van der Waals surface area contributed by atoms with Gasteiger partial charge in [0.1, 0.15) is 5.78 Å². The molecule has 1 saturated carbocycles. The lowest BCUT2D eigenvalue weighted by Gasteiger charge is -2.18. The minimum atomic E-state index is -2.85. The predicted octanol–water partition coefficient (Wildman–Crippen LogP) is 1.33. The Balaban J connectivity index is 2.39. The van der Waals surface area contributed by atoms with Crippen molar-refractivity contribution in [1.29, 1.82) is 0 Å². The first-order chi connectivity index (χ1) is 10.7. The molecule has 0 heterocycles. The van der Waals surface area contributed by atoms with Crippen molar-refractivity contribution < 1.29 is 34.8 Å². The highest BCUT2D eigenvalue weighted by molar-refractivity contribution is 5.82. The molecule has 0 aromatic rings. The second-order valence-corrected chi connectivity index (χ2v) is 6.09. The minimum absolute atomic E-state index is 0.0517. The zero-order valence-electron chi connectivity index (χ0n) is 13.0. The molecule has 0 spiro atoms. The Labute approximate surface area is 134 Å². The summed E-state index contributed by atoms with van der Waals surface area (Å²) in [6.45, 7) is 0. The number of ketones is 1. The van der Waals surface area contributed by atoms with Crippen LogP contribution in [-0.2, 0) is 14.4 Å². The van der Waals surface area contributed by atoms with Crippen LogP contribution in [-0.4, -0.2) is 43.9 Å². The molecule has 0 unspecified atom stereocenters. The van der Waals surface area contributed by atoms with Crippen LogP contribution in [0.3, 0.4) is 0 Å². The molecule has 7 nitrogen and oxygen atoms in total. The SMILES string of the molecule is O=C(O)CCC(=O)CC[C@H]1CCC[C@@H]1C/C=C/C(O)(O)C(=O)O. The first kappa shape index (κ1) is 19.3. The number of hydrogen-bond donors (Lipinski definition) is 4. The molecule has 1 aliphatic carbocycles. The summed E-state index contributed by atoms with van der Waals surface area (Å²) in [5, 5.41) is 35.5. The second-order valence-electron chi connectivity index (χ2n) is 6.09. The predicted molar refractivity (Wildman–Crippen MR) is 80.5 cm³/mol. The number of Topliss-reactive ketones (excluding diaryl/α,β-unsaturated/α-hetero) is 1. The van der Waals surface area contributed by atoms with Gasteiger partial charge < -0.3 is 20.4 Å². The Morgan fingerprint density at radius 3 is 2.26 bits per heavy atom. The van der Waals surface area contributed by atoms with Gasteiger partial charge in [-0.05, 0) is 37.2 Å². The third kappa shape index (κ3) is 6.92. The Morgan fingerprint density at radius 2 is 1.65 bits per heavy atom. The summed E-state index contributed by atoms with van der Waals surface area (Å²) < 4.78 is 0. The van der Waals surface area contributed by atoms with E-state index in [2.05, 4.69) is 0 Å². The van der Waals surface area contributed by atoms with Crippen LogP contribution in [0.5, 0.6) is 0 Å². The standard InChI is InChI=1S/C16H24O7/c17-13(8-9-14(18)19)7-6-12-4-1-3-11(12)5-2-10-16(22,23)15(20)21/h2,10-12,22-23H,1,3-9H2,(H,18,19)(H,20,21)/b10-2+/t11-,12-/m1/s1. The topological polar surface area (TPSA) is 132 Å². The van der Waals surface area contributed by atoms with E-state index >= 15 is 0 Å². The number of carbonyl (C=O) groups excluding carboxylic acids is 1. The van der Waals surface area contributed by atoms with Gasteiger partial charge in [0, 0.05) is 12.8 Å². The number of rotatable bonds is 10. The molecular formula is C16H24O7. The van der Waals surface area contributed by atoms with Gasteiger partial charge >= 0.3 is 11.9 Å². The fourth-order valence-corrected chi connectivity index (χ4v) is 3.00. The number of aliphatic hydroxyl groups is 2. The third-order valence-corrected chi connectivity index (χ3v) is 4.33. The molecule has 23 heavy (non-hydrogen) atoms. The van der Waals surface area contributed by atoms with Crippen molar-refractivity contribution in [3.05, 3.63) is 12.2 Å². The van der Waals surface area contributed by atoms with E-state index in [1.54, 1.807) is 0 Å². The van der Waals surface area contributed by atoms with E-state index in [1.807, 2.05) is 0 Å². The summed E-state index contributed by atoms with van der Waals surface area (Å²) in [7, 11) is 0. The van der Waals surface area contributed by atoms with E-state index in [0.717, 1.165) is 25.3 Å². The lowest BCUT2D eigenvalue weighted by Crippen LogP contribution is -2.35. The van der Waals surface area contributed by atoms with Crippen molar-refractivity contribution in [1.82, 2.24) is 0 Å². The van der Waals surface area contributed by atoms with Gasteiger partial charge in [-0.2, -0.15) is 0 Å². The van der Waals surface area contributed by atoms with Crippen LogP contribution in [0.2, 0.25) is 0 Å². The van der Waals surface area contributed by atoms with Crippen LogP contribution < -0.4 is 0 Å². The van der Waals surface area contributed by atoms with Crippen LogP contribution in [0.15, 0.2) is 12.2 Å². The Bertz CT molecular complexity index is 467. The maximum absolute atomic E-state index is 11.6. The molecular weight excluding hydrogens is 304 g/mol. The van der Waals surface area contributed by atoms with Crippen molar-refractivity contribution in [2.24, 2.45) is 11.8 Å². The van der Waals surface area contributed by atoms with E-state index in [0.29, 0.717) is 25.2 Å². The zero-order valence-corrected chi connectivity index (χ0v) is 13.0. The van der Waals surface area contributed by atoms with Gasteiger partial charge in [-0.1, -0.05) is 18.9 Å². The van der Waals surface area contributed by atoms with Crippen LogP contribution >= 0.6 is 0 Å². The van der Waals surface area contributed by atoms with Gasteiger partial charge in [0.05, 0.1) is 6.42 Å². The average molecular weight is 328 g/mol. The molecule has 7 heteroatoms. The van der Waals surface area contributed by atoms with Gasteiger partial charge in [0.15, 0.2) is 0 Å². The lowest BCUT2D eigenvalue weighted by molar-refractivity contribution is -0.186. The number of carboxylic acids is 2. The largest absolute Gasteiger partial charge is 0.481 e. The Morgan fingerprint density at radius 1 is 1.00 bits per heavy atom. The van der Waals surface area contributed by atoms with Crippen LogP contribution in [0.1, 0.15) is 51.4 Å². The van der Waals surface area contributed by atoms with Crippen molar-refractivity contribution in [2.75, 3.05) is 0 Å². The highest BCUT2D eigenvalue weighted by Gasteiger charge is 2.30. The molecule has 0 aromatic heterocycles. The van der Waals surface area contributed by atoms with Crippen molar-refractivity contribution in [3.8, 4) is 0 Å². The lowest BCUT2D eigenvalue weighted by atomic mass is 9.88. The fourth-order valence-electron chi connectivity index (χ4n) is 3.00. The molecule has 130 valence electrons. The van der Waals surface area contributed by atoms with Crippen LogP contribution in [0.4, 0.5) is 0 Å². The van der Waals surface area contributed by atoms with Crippen molar-refractivity contribution in [2.45, 2.75) is 57.2 Å². The van der Waals surface area contributed by atoms with Gasteiger partial charge in [-0.25, -0.2) is 4.79 Å². The van der Waals surface area contributed by atoms with E-state index in [9.17, 15) is 24.6 Å². The number of hydrogen-bond acceptors (Lipinski definition) is 5. The monoisotopic (exact) mass is 328 g/mol. The number of allylic oxidation sites excluding steroid dienone is 1. The molecule has 1 aliphatic rings. The fraction of sp³-hybridized carbons (Fsp3) is 0.688. The number of carbonyl (C=O) groups is 3. The third-order valence-electron chi connectivity index (χ3n) is 4.33. The molecule has 0 amide bonds. The molecule has 0 radical (unpaired) electrons. The number of aliphatic carboxylic acids is 2. The minimum Gasteiger partial charge on any atom is -0.481 e. The Hall–Kier alpha value is -1.73. The van der Waals surface area contributed by atoms with Crippen LogP contribution in [0, 0.1) is 11.8 Å². The molecule has 2 atom stereocenters. The van der Waals surface area contributed by atoms with Gasteiger partial charge in [0.2, 0.25) is 0 Å². The molecule has 4 N–H and O–H groups in total. The first-order valence-electron chi connectivity index (χ1n) is 7.81. The molecule has 0 aliphatic heterocycles. The summed E-state index contributed by atoms with van der Waals surface area (Å²) in [4.78, 5) is 32.6. The summed E-state index contributed by atoms with van der Waals surface area (Å²) in [5.74, 6) is -4.99. The molecule has 0 aromatic carbocycles. The Kier molecular flexibility index (Phi) is 7.38. The average Bonchev–Trinajstić information content (AvgIpc) is 2.90. The molecule has 0 bridgehead atoms. The van der Waals surface area contributed by atoms with Crippen LogP contribution in [0.25, 0.3) is 0 Å². The van der Waals surface area contributed by atoms with Gasteiger partial charge in [-0.15, -0.1) is 0 Å².